The van der Waals surface area contributed by atoms with Crippen LogP contribution in [0.2, 0.25) is 0 Å². The van der Waals surface area contributed by atoms with E-state index in [-0.39, 0.29) is 17.8 Å². The number of hydrogen-bond acceptors (Lipinski definition) is 4. The molecule has 7 nitrogen and oxygen atoms in total. The van der Waals surface area contributed by atoms with Gasteiger partial charge in [-0.15, -0.1) is 0 Å². The van der Waals surface area contributed by atoms with E-state index in [2.05, 4.69) is 5.32 Å². The van der Waals surface area contributed by atoms with Gasteiger partial charge in [0.1, 0.15) is 0 Å². The van der Waals surface area contributed by atoms with Crippen molar-refractivity contribution in [2.45, 2.75) is 25.2 Å². The lowest BCUT2D eigenvalue weighted by atomic mass is 10.0. The first-order valence-corrected chi connectivity index (χ1v) is 8.90. The zero-order valence-corrected chi connectivity index (χ0v) is 16.1. The molecule has 1 atom stereocenters. The lowest BCUT2D eigenvalue weighted by Gasteiger charge is -2.24. The van der Waals surface area contributed by atoms with Crippen molar-refractivity contribution in [1.29, 1.82) is 5.26 Å². The first kappa shape index (κ1) is 21.9. The molecule has 1 amide bonds. The maximum Gasteiger partial charge on any atom is 0.417 e. The van der Waals surface area contributed by atoms with E-state index in [1.807, 2.05) is 0 Å². The van der Waals surface area contributed by atoms with Crippen molar-refractivity contribution in [2.75, 3.05) is 5.32 Å². The average Bonchev–Trinajstić information content (AvgIpc) is 3.05. The highest BCUT2D eigenvalue weighted by atomic mass is 19.4. The van der Waals surface area contributed by atoms with E-state index in [1.165, 1.54) is 16.8 Å². The number of anilines is 1. The first-order chi connectivity index (χ1) is 14.4. The normalized spacial score (nSPS) is 13.4. The summed E-state index contributed by atoms with van der Waals surface area (Å²) in [5, 5.41) is 31.5. The molecule has 3 aromatic rings. The standard InChI is InChI=1S/C21H16F3N3O4/c1-20(31,11-27-10-15(18(28)29)14-4-2-3-5-17(14)27)19(30)26-13-7-6-12(9-25)16(8-13)21(22,23)24/h2-8,10,31H,11H2,1H3,(H,26,30)(H,28,29)/t20-/m0/s1. The maximum atomic E-state index is 13.1. The summed E-state index contributed by atoms with van der Waals surface area (Å²) >= 11 is 0. The highest BCUT2D eigenvalue weighted by Gasteiger charge is 2.35. The molecule has 3 N–H and O–H groups in total. The third-order valence-corrected chi connectivity index (χ3v) is 4.69. The summed E-state index contributed by atoms with van der Waals surface area (Å²) in [6.45, 7) is 0.806. The highest BCUT2D eigenvalue weighted by Crippen LogP contribution is 2.34. The lowest BCUT2D eigenvalue weighted by Crippen LogP contribution is -2.43. The topological polar surface area (TPSA) is 115 Å². The molecule has 10 heteroatoms. The number of nitrogens with one attached hydrogen (secondary N) is 1. The number of aliphatic hydroxyl groups is 1. The summed E-state index contributed by atoms with van der Waals surface area (Å²) in [4.78, 5) is 24.1. The summed E-state index contributed by atoms with van der Waals surface area (Å²) in [6, 6.07) is 10.6. The molecule has 0 bridgehead atoms. The van der Waals surface area contributed by atoms with E-state index in [1.54, 1.807) is 24.3 Å². The van der Waals surface area contributed by atoms with Crippen molar-refractivity contribution in [3.63, 3.8) is 0 Å². The number of fused-ring (bicyclic) bond motifs is 1. The fourth-order valence-electron chi connectivity index (χ4n) is 3.17. The van der Waals surface area contributed by atoms with Gasteiger partial charge in [-0.1, -0.05) is 18.2 Å². The van der Waals surface area contributed by atoms with Gasteiger partial charge in [-0.05, 0) is 31.2 Å². The van der Waals surface area contributed by atoms with Crippen molar-refractivity contribution in [1.82, 2.24) is 4.57 Å². The minimum Gasteiger partial charge on any atom is -0.478 e. The smallest absolute Gasteiger partial charge is 0.417 e. The van der Waals surface area contributed by atoms with Crippen molar-refractivity contribution in [2.24, 2.45) is 0 Å². The van der Waals surface area contributed by atoms with Gasteiger partial charge in [-0.2, -0.15) is 18.4 Å². The number of carboxylic acids is 1. The Balaban J connectivity index is 1.89. The second kappa shape index (κ2) is 7.77. The van der Waals surface area contributed by atoms with Crippen LogP contribution in [-0.2, 0) is 17.5 Å². The Labute approximate surface area is 173 Å². The summed E-state index contributed by atoms with van der Waals surface area (Å²) in [6.07, 6.45) is -3.52. The molecule has 0 radical (unpaired) electrons. The highest BCUT2D eigenvalue weighted by molar-refractivity contribution is 6.03. The number of carboxylic acid groups (broad SMARTS) is 1. The van der Waals surface area contributed by atoms with Crippen LogP contribution < -0.4 is 5.32 Å². The summed E-state index contributed by atoms with van der Waals surface area (Å²) in [5.41, 5.74) is -3.71. The second-order valence-electron chi connectivity index (χ2n) is 7.09. The molecular formula is C21H16F3N3O4. The van der Waals surface area contributed by atoms with Gasteiger partial charge in [-0.25, -0.2) is 4.79 Å². The number of benzene rings is 2. The Hall–Kier alpha value is -3.84. The number of aromatic carboxylic acids is 1. The van der Waals surface area contributed by atoms with Gasteiger partial charge in [-0.3, -0.25) is 4.79 Å². The molecule has 0 fully saturated rings. The van der Waals surface area contributed by atoms with Crippen LogP contribution in [0.4, 0.5) is 18.9 Å². The minimum absolute atomic E-state index is 0.0197. The fourth-order valence-corrected chi connectivity index (χ4v) is 3.17. The molecule has 0 aliphatic heterocycles. The predicted octanol–water partition coefficient (Wildman–Crippen LogP) is 3.62. The molecule has 0 saturated carbocycles. The van der Waals surface area contributed by atoms with Gasteiger partial charge in [0.05, 0.1) is 29.3 Å². The molecule has 160 valence electrons. The monoisotopic (exact) mass is 431 g/mol. The van der Waals surface area contributed by atoms with E-state index >= 15 is 0 Å². The third kappa shape index (κ3) is 4.36. The van der Waals surface area contributed by atoms with Crippen LogP contribution in [0.15, 0.2) is 48.7 Å². The molecule has 1 aromatic heterocycles. The molecule has 0 aliphatic carbocycles. The number of rotatable bonds is 5. The fraction of sp³-hybridized carbons (Fsp3) is 0.190. The largest absolute Gasteiger partial charge is 0.478 e. The number of nitrogens with zero attached hydrogens (tertiary/aromatic N) is 2. The third-order valence-electron chi connectivity index (χ3n) is 4.69. The lowest BCUT2D eigenvalue weighted by molar-refractivity contribution is -0.138. The Morgan fingerprint density at radius 3 is 2.48 bits per heavy atom. The van der Waals surface area contributed by atoms with Gasteiger partial charge in [0, 0.05) is 22.8 Å². The van der Waals surface area contributed by atoms with Crippen LogP contribution in [0.25, 0.3) is 10.9 Å². The molecule has 0 spiro atoms. The van der Waals surface area contributed by atoms with Gasteiger partial charge >= 0.3 is 12.1 Å². The Bertz CT molecular complexity index is 1220. The summed E-state index contributed by atoms with van der Waals surface area (Å²) in [7, 11) is 0. The van der Waals surface area contributed by atoms with E-state index in [4.69, 9.17) is 5.26 Å². The number of hydrogen-bond donors (Lipinski definition) is 3. The number of amides is 1. The number of nitriles is 1. The van der Waals surface area contributed by atoms with Crippen LogP contribution in [0.5, 0.6) is 0 Å². The number of aromatic nitrogens is 1. The van der Waals surface area contributed by atoms with E-state index in [0.717, 1.165) is 19.1 Å². The SMILES string of the molecule is C[C@](O)(Cn1cc(C(=O)O)c2ccccc21)C(=O)Nc1ccc(C#N)c(C(F)(F)F)c1. The molecule has 0 unspecified atom stereocenters. The molecular weight excluding hydrogens is 415 g/mol. The summed E-state index contributed by atoms with van der Waals surface area (Å²) in [5.74, 6) is -2.18. The van der Waals surface area contributed by atoms with Crippen LogP contribution >= 0.6 is 0 Å². The Morgan fingerprint density at radius 2 is 1.87 bits per heavy atom. The van der Waals surface area contributed by atoms with Gasteiger partial charge < -0.3 is 20.1 Å². The summed E-state index contributed by atoms with van der Waals surface area (Å²) < 4.78 is 40.8. The molecule has 31 heavy (non-hydrogen) atoms. The van der Waals surface area contributed by atoms with E-state index in [9.17, 15) is 33.0 Å². The quantitative estimate of drug-likeness (QED) is 0.571. The minimum atomic E-state index is -4.80. The number of halogens is 3. The number of para-hydroxylation sites is 1. The zero-order valence-electron chi connectivity index (χ0n) is 16.1. The average molecular weight is 431 g/mol. The van der Waals surface area contributed by atoms with Crippen molar-refractivity contribution in [3.05, 3.63) is 65.4 Å². The second-order valence-corrected chi connectivity index (χ2v) is 7.09. The van der Waals surface area contributed by atoms with Crippen molar-refractivity contribution in [3.8, 4) is 6.07 Å². The first-order valence-electron chi connectivity index (χ1n) is 8.90. The van der Waals surface area contributed by atoms with E-state index in [0.29, 0.717) is 17.0 Å². The molecule has 1 heterocycles. The van der Waals surface area contributed by atoms with Crippen LogP contribution in [0, 0.1) is 11.3 Å². The number of carbonyl (C=O) groups excluding carboxylic acids is 1. The van der Waals surface area contributed by atoms with Crippen molar-refractivity contribution < 1.29 is 33.0 Å². The van der Waals surface area contributed by atoms with E-state index < -0.39 is 34.8 Å². The molecule has 2 aromatic carbocycles. The van der Waals surface area contributed by atoms with Gasteiger partial charge in [0.25, 0.3) is 5.91 Å². The number of alkyl halides is 3. The van der Waals surface area contributed by atoms with Crippen LogP contribution in [0.1, 0.15) is 28.4 Å². The predicted molar refractivity (Wildman–Crippen MR) is 104 cm³/mol. The van der Waals surface area contributed by atoms with Crippen LogP contribution in [-0.4, -0.2) is 32.3 Å². The van der Waals surface area contributed by atoms with Gasteiger partial charge in [0.2, 0.25) is 0 Å². The molecule has 3 rings (SSSR count). The van der Waals surface area contributed by atoms with Crippen LogP contribution in [0.3, 0.4) is 0 Å². The molecule has 0 aliphatic rings. The number of carbonyl (C=O) groups is 2. The zero-order chi connectivity index (χ0) is 23.0. The Kier molecular flexibility index (Phi) is 5.48. The maximum absolute atomic E-state index is 13.1. The van der Waals surface area contributed by atoms with Crippen molar-refractivity contribution >= 4 is 28.5 Å². The molecule has 0 saturated heterocycles. The Morgan fingerprint density at radius 1 is 1.19 bits per heavy atom. The van der Waals surface area contributed by atoms with Gasteiger partial charge in [0.15, 0.2) is 5.60 Å².